The van der Waals surface area contributed by atoms with Gasteiger partial charge in [-0.2, -0.15) is 5.26 Å². The molecular weight excluding hydrogens is 356 g/mol. The van der Waals surface area contributed by atoms with E-state index in [1.54, 1.807) is 24.3 Å². The highest BCUT2D eigenvalue weighted by Gasteiger charge is 2.28. The minimum atomic E-state index is -0.524. The average Bonchev–Trinajstić information content (AvgIpc) is 2.69. The number of aromatic hydroxyl groups is 1. The number of nitriles is 1. The summed E-state index contributed by atoms with van der Waals surface area (Å²) in [4.78, 5) is 26.1. The van der Waals surface area contributed by atoms with Crippen LogP contribution in [-0.4, -0.2) is 22.1 Å². The molecule has 0 unspecified atom stereocenters. The van der Waals surface area contributed by atoms with Crippen LogP contribution in [0.15, 0.2) is 29.1 Å². The first-order chi connectivity index (χ1) is 13.5. The lowest BCUT2D eigenvalue weighted by Crippen LogP contribution is -2.31. The maximum Gasteiger partial charge on any atom is 0.271 e. The Morgan fingerprint density at radius 1 is 1.32 bits per heavy atom. The Labute approximate surface area is 164 Å². The lowest BCUT2D eigenvalue weighted by molar-refractivity contribution is 0.103. The lowest BCUT2D eigenvalue weighted by Gasteiger charge is -2.26. The molecule has 1 aromatic carbocycles. The zero-order chi connectivity index (χ0) is 20.3. The molecule has 6 heteroatoms. The average molecular weight is 380 g/mol. The third-order valence-electron chi connectivity index (χ3n) is 5.32. The van der Waals surface area contributed by atoms with Gasteiger partial charge in [0, 0.05) is 11.6 Å². The molecule has 6 nitrogen and oxygen atoms in total. The first-order valence-corrected chi connectivity index (χ1v) is 9.65. The highest BCUT2D eigenvalue weighted by Crippen LogP contribution is 2.33. The van der Waals surface area contributed by atoms with Gasteiger partial charge in [0.2, 0.25) is 5.88 Å². The molecule has 0 aliphatic heterocycles. The van der Waals surface area contributed by atoms with Crippen molar-refractivity contribution in [1.82, 2.24) is 4.57 Å². The van der Waals surface area contributed by atoms with Crippen molar-refractivity contribution < 1.29 is 14.6 Å². The van der Waals surface area contributed by atoms with Crippen LogP contribution in [0.25, 0.3) is 0 Å². The molecule has 0 spiro atoms. The summed E-state index contributed by atoms with van der Waals surface area (Å²) in [6.07, 6.45) is 4.47. The minimum absolute atomic E-state index is 0.00960. The monoisotopic (exact) mass is 380 g/mol. The fraction of sp³-hybridized carbons (Fsp3) is 0.409. The molecule has 1 heterocycles. The Morgan fingerprint density at radius 3 is 2.68 bits per heavy atom. The normalized spacial score (nSPS) is 14.5. The zero-order valence-corrected chi connectivity index (χ0v) is 16.2. The van der Waals surface area contributed by atoms with E-state index in [0.717, 1.165) is 32.1 Å². The van der Waals surface area contributed by atoms with Crippen LogP contribution in [0.1, 0.15) is 72.1 Å². The van der Waals surface area contributed by atoms with Crippen LogP contribution in [0.3, 0.4) is 0 Å². The number of pyridine rings is 1. The van der Waals surface area contributed by atoms with Crippen LogP contribution in [0.4, 0.5) is 0 Å². The summed E-state index contributed by atoms with van der Waals surface area (Å²) in [5, 5.41) is 20.5. The van der Waals surface area contributed by atoms with Crippen molar-refractivity contribution in [2.24, 2.45) is 0 Å². The Kier molecular flexibility index (Phi) is 5.84. The summed E-state index contributed by atoms with van der Waals surface area (Å²) in [7, 11) is 0. The van der Waals surface area contributed by atoms with E-state index >= 15 is 0 Å². The highest BCUT2D eigenvalue weighted by atomic mass is 16.5. The predicted octanol–water partition coefficient (Wildman–Crippen LogP) is 3.87. The van der Waals surface area contributed by atoms with E-state index in [4.69, 9.17) is 4.74 Å². The smallest absolute Gasteiger partial charge is 0.271 e. The first kappa shape index (κ1) is 19.7. The second kappa shape index (κ2) is 8.30. The summed E-state index contributed by atoms with van der Waals surface area (Å²) in [6.45, 7) is 3.85. The molecule has 0 atom stereocenters. The van der Waals surface area contributed by atoms with Crippen molar-refractivity contribution in [1.29, 1.82) is 5.26 Å². The van der Waals surface area contributed by atoms with E-state index in [2.05, 4.69) is 0 Å². The van der Waals surface area contributed by atoms with Crippen molar-refractivity contribution in [3.05, 3.63) is 56.9 Å². The topological polar surface area (TPSA) is 92.3 Å². The molecule has 0 radical (unpaired) electrons. The van der Waals surface area contributed by atoms with Crippen LogP contribution >= 0.6 is 0 Å². The third kappa shape index (κ3) is 3.53. The largest absolute Gasteiger partial charge is 0.494 e. The number of hydrogen-bond acceptors (Lipinski definition) is 5. The Balaban J connectivity index is 2.17. The third-order valence-corrected chi connectivity index (χ3v) is 5.32. The van der Waals surface area contributed by atoms with Gasteiger partial charge in [-0.3, -0.25) is 14.2 Å². The summed E-state index contributed by atoms with van der Waals surface area (Å²) in [5.74, 6) is -0.232. The highest BCUT2D eigenvalue weighted by molar-refractivity contribution is 6.11. The Morgan fingerprint density at radius 2 is 2.04 bits per heavy atom. The number of carbonyl (C=O) groups excluding carboxylic acids is 1. The number of benzene rings is 1. The number of carbonyl (C=O) groups is 1. The molecule has 2 aromatic rings. The van der Waals surface area contributed by atoms with Crippen LogP contribution in [0.2, 0.25) is 0 Å². The summed E-state index contributed by atoms with van der Waals surface area (Å²) in [6, 6.07) is 8.41. The molecule has 3 rings (SSSR count). The zero-order valence-electron chi connectivity index (χ0n) is 16.2. The van der Waals surface area contributed by atoms with Gasteiger partial charge in [-0.1, -0.05) is 31.4 Å². The Bertz CT molecular complexity index is 995. The van der Waals surface area contributed by atoms with Crippen molar-refractivity contribution in [3.8, 4) is 17.7 Å². The van der Waals surface area contributed by atoms with Crippen LogP contribution in [0, 0.1) is 18.3 Å². The number of ether oxygens (including phenoxy) is 1. The number of aromatic nitrogens is 1. The van der Waals surface area contributed by atoms with Crippen molar-refractivity contribution in [3.63, 3.8) is 0 Å². The second-order valence-electron chi connectivity index (χ2n) is 7.07. The molecular formula is C22H24N2O4. The van der Waals surface area contributed by atoms with Gasteiger partial charge in [-0.05, 0) is 44.4 Å². The van der Waals surface area contributed by atoms with E-state index in [1.165, 1.54) is 11.5 Å². The van der Waals surface area contributed by atoms with Gasteiger partial charge in [0.15, 0.2) is 5.78 Å². The van der Waals surface area contributed by atoms with Crippen LogP contribution < -0.4 is 10.3 Å². The van der Waals surface area contributed by atoms with Crippen LogP contribution in [0.5, 0.6) is 11.6 Å². The Hall–Kier alpha value is -3.07. The molecule has 0 amide bonds. The molecule has 1 aliphatic rings. The maximum absolute atomic E-state index is 13.2. The van der Waals surface area contributed by atoms with Gasteiger partial charge < -0.3 is 9.84 Å². The maximum atomic E-state index is 13.2. The van der Waals surface area contributed by atoms with Gasteiger partial charge in [-0.25, -0.2) is 0 Å². The quantitative estimate of drug-likeness (QED) is 0.795. The van der Waals surface area contributed by atoms with E-state index in [0.29, 0.717) is 17.9 Å². The van der Waals surface area contributed by atoms with Crippen molar-refractivity contribution in [2.45, 2.75) is 52.0 Å². The minimum Gasteiger partial charge on any atom is -0.494 e. The van der Waals surface area contributed by atoms with Gasteiger partial charge in [0.05, 0.1) is 12.2 Å². The van der Waals surface area contributed by atoms with Gasteiger partial charge in [-0.15, -0.1) is 0 Å². The molecule has 1 aliphatic carbocycles. The fourth-order valence-corrected chi connectivity index (χ4v) is 3.91. The van der Waals surface area contributed by atoms with E-state index in [9.17, 15) is 20.0 Å². The number of rotatable bonds is 5. The summed E-state index contributed by atoms with van der Waals surface area (Å²) in [5.41, 5.74) is -0.0574. The van der Waals surface area contributed by atoms with E-state index in [1.807, 2.05) is 13.0 Å². The molecule has 1 fully saturated rings. The van der Waals surface area contributed by atoms with Gasteiger partial charge in [0.1, 0.15) is 17.4 Å². The van der Waals surface area contributed by atoms with Crippen LogP contribution in [-0.2, 0) is 0 Å². The van der Waals surface area contributed by atoms with Crippen molar-refractivity contribution >= 4 is 5.78 Å². The summed E-state index contributed by atoms with van der Waals surface area (Å²) < 4.78 is 6.71. The molecule has 0 bridgehead atoms. The number of ketones is 1. The second-order valence-corrected chi connectivity index (χ2v) is 7.07. The molecule has 146 valence electrons. The van der Waals surface area contributed by atoms with E-state index < -0.39 is 11.3 Å². The van der Waals surface area contributed by atoms with Gasteiger partial charge in [0.25, 0.3) is 5.56 Å². The molecule has 1 aromatic heterocycles. The van der Waals surface area contributed by atoms with Gasteiger partial charge >= 0.3 is 0 Å². The van der Waals surface area contributed by atoms with Crippen molar-refractivity contribution in [2.75, 3.05) is 6.61 Å². The standard InChI is InChI=1S/C22H24N2O4/c1-3-28-17-11-7-8-15(12-17)20(25)19-14(2)18(13-23)21(26)24(22(19)27)16-9-5-4-6-10-16/h7-8,11-12,16,27H,3-6,9-10H2,1-2H3. The number of hydrogen-bond donors (Lipinski definition) is 1. The number of nitrogens with zero attached hydrogens (tertiary/aromatic N) is 2. The SMILES string of the molecule is CCOc1cccc(C(=O)c2c(C)c(C#N)c(=O)n(C3CCCCC3)c2O)c1. The molecule has 1 saturated carbocycles. The fourth-order valence-electron chi connectivity index (χ4n) is 3.91. The predicted molar refractivity (Wildman–Crippen MR) is 105 cm³/mol. The van der Waals surface area contributed by atoms with E-state index in [-0.39, 0.29) is 28.6 Å². The lowest BCUT2D eigenvalue weighted by atomic mass is 9.93. The molecule has 28 heavy (non-hydrogen) atoms. The molecule has 1 N–H and O–H groups in total. The molecule has 0 saturated heterocycles. The summed E-state index contributed by atoms with van der Waals surface area (Å²) >= 11 is 0. The first-order valence-electron chi connectivity index (χ1n) is 9.65.